The summed E-state index contributed by atoms with van der Waals surface area (Å²) >= 11 is -2.36. The van der Waals surface area contributed by atoms with Gasteiger partial charge in [-0.2, -0.15) is 0 Å². The van der Waals surface area contributed by atoms with Gasteiger partial charge in [-0.25, -0.2) is 0 Å². The summed E-state index contributed by atoms with van der Waals surface area (Å²) in [4.78, 5) is 9.82. The zero-order valence-corrected chi connectivity index (χ0v) is 43.4. The molecule has 64 heavy (non-hydrogen) atoms. The van der Waals surface area contributed by atoms with E-state index in [0.717, 1.165) is 48.8 Å². The number of rotatable bonds is 8. The number of hydrogen-bond donors (Lipinski definition) is 0. The monoisotopic (exact) mass is 1090 g/mol. The third-order valence-corrected chi connectivity index (χ3v) is 15.7. The van der Waals surface area contributed by atoms with Crippen LogP contribution in [0.15, 0.2) is 132 Å². The molecule has 0 amide bonds. The molecule has 329 valence electrons. The summed E-state index contributed by atoms with van der Waals surface area (Å²) in [6, 6.07) is 47.4. The molecule has 0 bridgehead atoms. The summed E-state index contributed by atoms with van der Waals surface area (Å²) in [6.07, 6.45) is 0.303. The molecule has 0 atom stereocenters. The second-order valence-electron chi connectivity index (χ2n) is 19.4. The van der Waals surface area contributed by atoms with E-state index in [-0.39, 0.29) is 25.7 Å². The number of aryl methyl sites for hydroxylation is 2. The molecule has 0 aliphatic heterocycles. The van der Waals surface area contributed by atoms with Crippen LogP contribution < -0.4 is 4.40 Å². The molecule has 0 fully saturated rings. The van der Waals surface area contributed by atoms with E-state index in [1.807, 2.05) is 39.1 Å². The van der Waals surface area contributed by atoms with E-state index in [2.05, 4.69) is 165 Å². The van der Waals surface area contributed by atoms with Gasteiger partial charge in [-0.3, -0.25) is 4.98 Å². The maximum atomic E-state index is 8.80. The number of benzene rings is 6. The van der Waals surface area contributed by atoms with Gasteiger partial charge in [0.15, 0.2) is 0 Å². The van der Waals surface area contributed by atoms with Gasteiger partial charge >= 0.3 is 145 Å². The third kappa shape index (κ3) is 9.78. The Kier molecular flexibility index (Phi) is 11.9. The van der Waals surface area contributed by atoms with Crippen molar-refractivity contribution < 1.29 is 31.4 Å². The molecular formula is C58H61GeIrN3O-2. The van der Waals surface area contributed by atoms with Gasteiger partial charge in [-0.15, -0.1) is 18.2 Å². The SMILES string of the molecule is Cc1ccc2c(c1)oc1c(-c3nc4ccccc4n3-c3c(C(C)C)cc(-c4ccccc4)cc3C(C)C)[c-]ccc12.[2H]C([2H])([2H])c1c[c-]c(-c2cc(C([2H])([2H])C(C)(C)C)[c]([Ge]([CH3])([CH3])[CH3])cn2)cc1.[Ir]. The van der Waals surface area contributed by atoms with Crippen LogP contribution >= 0.6 is 0 Å². The van der Waals surface area contributed by atoms with Crippen molar-refractivity contribution in [3.8, 4) is 39.5 Å². The number of fused-ring (bicyclic) bond motifs is 4. The van der Waals surface area contributed by atoms with Gasteiger partial charge in [0.1, 0.15) is 5.58 Å². The summed E-state index contributed by atoms with van der Waals surface area (Å²) in [5, 5.41) is 2.20. The Balaban J connectivity index is 0.000000220. The Hall–Kier alpha value is -5.07. The van der Waals surface area contributed by atoms with Crippen molar-refractivity contribution in [1.82, 2.24) is 14.5 Å². The molecule has 0 unspecified atom stereocenters. The van der Waals surface area contributed by atoms with Crippen LogP contribution in [0, 0.1) is 31.3 Å². The summed E-state index contributed by atoms with van der Waals surface area (Å²) in [5.74, 6) is 8.15. The number of furan rings is 1. The Bertz CT molecular complexity index is 3260. The number of hydrogen-bond acceptors (Lipinski definition) is 3. The van der Waals surface area contributed by atoms with Gasteiger partial charge in [0.25, 0.3) is 0 Å². The normalized spacial score (nSPS) is 13.5. The summed E-state index contributed by atoms with van der Waals surface area (Å²) in [7, 11) is 0. The fourth-order valence-corrected chi connectivity index (χ4v) is 11.3. The van der Waals surface area contributed by atoms with Crippen LogP contribution in [0.1, 0.15) is 95.0 Å². The number of aromatic nitrogens is 3. The molecule has 9 aromatic rings. The molecule has 6 heteroatoms. The van der Waals surface area contributed by atoms with E-state index >= 15 is 0 Å². The van der Waals surface area contributed by atoms with Gasteiger partial charge in [0.2, 0.25) is 0 Å². The van der Waals surface area contributed by atoms with Crippen molar-refractivity contribution in [3.63, 3.8) is 0 Å². The molecule has 3 heterocycles. The smallest absolute Gasteiger partial charge is 0 e. The number of para-hydroxylation sites is 2. The average molecular weight is 1090 g/mol. The standard InChI is InChI=1S/C38H33N2O.C20H28GeN.Ir/c1-23(2)31-21-27(26-12-7-6-8-13-26)22-32(24(3)4)36(31)40-34-17-10-9-16-33(34)39-38(40)30-15-11-14-29-28-19-18-25(5)20-35(28)41-37(29)30;1-15-8-10-16(11-9-15)19-12-17(13-20(2,3)4)18(14-22-19)21(5,6)7;/h6-14,16-24H,1-5H3;8-10,12,14H,13H2,1-7H3;/q2*-1;/i;1D3,13D2;. The Labute approximate surface area is 404 Å². The summed E-state index contributed by atoms with van der Waals surface area (Å²) < 4.78 is 50.0. The number of pyridine rings is 1. The molecule has 0 N–H and O–H groups in total. The van der Waals surface area contributed by atoms with Gasteiger partial charge in [-0.05, 0) is 76.9 Å². The molecule has 0 aliphatic rings. The van der Waals surface area contributed by atoms with E-state index < -0.39 is 31.9 Å². The number of nitrogens with zero attached hydrogens (tertiary/aromatic N) is 3. The molecule has 0 saturated carbocycles. The summed E-state index contributed by atoms with van der Waals surface area (Å²) in [5.41, 5.74) is 13.7. The summed E-state index contributed by atoms with van der Waals surface area (Å²) in [6.45, 7) is 14.8. The molecule has 4 nitrogen and oxygen atoms in total. The van der Waals surface area contributed by atoms with Crippen LogP contribution in [0.4, 0.5) is 0 Å². The van der Waals surface area contributed by atoms with Crippen LogP contribution in [0.2, 0.25) is 17.3 Å². The zero-order valence-electron chi connectivity index (χ0n) is 43.9. The fourth-order valence-electron chi connectivity index (χ4n) is 8.34. The molecule has 0 spiro atoms. The van der Waals surface area contributed by atoms with Crippen LogP contribution in [-0.4, -0.2) is 27.8 Å². The van der Waals surface area contributed by atoms with Crippen molar-refractivity contribution in [2.24, 2.45) is 5.41 Å². The number of imidazole rings is 1. The van der Waals surface area contributed by atoms with E-state index in [1.54, 1.807) is 12.1 Å². The fraction of sp³-hybridized carbons (Fsp3) is 0.276. The first-order valence-corrected chi connectivity index (χ1v) is 29.4. The Morgan fingerprint density at radius 3 is 2.11 bits per heavy atom. The minimum Gasteiger partial charge on any atom is 0 e. The molecule has 0 saturated heterocycles. The Morgan fingerprint density at radius 1 is 0.781 bits per heavy atom. The van der Waals surface area contributed by atoms with Crippen molar-refractivity contribution in [1.29, 1.82) is 0 Å². The molecule has 6 aromatic carbocycles. The van der Waals surface area contributed by atoms with Gasteiger partial charge in [-0.1, -0.05) is 93.2 Å². The van der Waals surface area contributed by atoms with Crippen LogP contribution in [0.25, 0.3) is 72.4 Å². The third-order valence-electron chi connectivity index (χ3n) is 11.4. The first kappa shape index (κ1) is 40.4. The molecule has 9 rings (SSSR count). The van der Waals surface area contributed by atoms with Crippen molar-refractivity contribution >= 4 is 50.6 Å². The largest absolute Gasteiger partial charge is 0 e. The quantitative estimate of drug-likeness (QED) is 0.112. The minimum absolute atomic E-state index is 0. The minimum atomic E-state index is -2.36. The molecule has 0 aliphatic carbocycles. The van der Waals surface area contributed by atoms with Gasteiger partial charge < -0.3 is 8.98 Å². The second kappa shape index (κ2) is 18.8. The molecule has 1 radical (unpaired) electrons. The predicted molar refractivity (Wildman–Crippen MR) is 270 cm³/mol. The van der Waals surface area contributed by atoms with Crippen LogP contribution in [-0.2, 0) is 26.5 Å². The molecule has 3 aromatic heterocycles. The maximum absolute atomic E-state index is 8.80. The second-order valence-corrected chi connectivity index (χ2v) is 29.9. The van der Waals surface area contributed by atoms with E-state index in [0.29, 0.717) is 28.7 Å². The zero-order chi connectivity index (χ0) is 49.1. The van der Waals surface area contributed by atoms with E-state index in [1.165, 1.54) is 39.6 Å². The van der Waals surface area contributed by atoms with Crippen LogP contribution in [0.5, 0.6) is 0 Å². The first-order valence-electron chi connectivity index (χ1n) is 24.5. The molecular weight excluding hydrogens is 1020 g/mol. The van der Waals surface area contributed by atoms with Crippen molar-refractivity contribution in [3.05, 3.63) is 167 Å². The average Bonchev–Trinajstić information content (AvgIpc) is 3.86. The van der Waals surface area contributed by atoms with Crippen LogP contribution in [0.3, 0.4) is 0 Å². The van der Waals surface area contributed by atoms with Gasteiger partial charge in [0.05, 0.1) is 22.4 Å². The van der Waals surface area contributed by atoms with E-state index in [9.17, 15) is 0 Å². The van der Waals surface area contributed by atoms with Crippen molar-refractivity contribution in [2.75, 3.05) is 0 Å². The predicted octanol–water partition coefficient (Wildman–Crippen LogP) is 15.6. The Morgan fingerprint density at radius 2 is 1.47 bits per heavy atom. The first-order chi connectivity index (χ1) is 32.0. The topological polar surface area (TPSA) is 43.9 Å². The van der Waals surface area contributed by atoms with Gasteiger partial charge in [0, 0.05) is 31.2 Å². The van der Waals surface area contributed by atoms with Crippen molar-refractivity contribution in [2.45, 2.75) is 97.7 Å². The van der Waals surface area contributed by atoms with E-state index in [4.69, 9.17) is 16.3 Å². The maximum Gasteiger partial charge on any atom is 0 e.